The smallest absolute Gasteiger partial charge is 0.270 e. The van der Waals surface area contributed by atoms with Gasteiger partial charge in [0.1, 0.15) is 11.4 Å². The topological polar surface area (TPSA) is 57.9 Å². The van der Waals surface area contributed by atoms with Crippen molar-refractivity contribution in [1.29, 1.82) is 0 Å². The maximum atomic E-state index is 12.6. The molecule has 2 atom stereocenters. The molecule has 0 aliphatic carbocycles. The number of amides is 1. The van der Waals surface area contributed by atoms with Gasteiger partial charge < -0.3 is 19.3 Å². The molecule has 2 heterocycles. The molecular formula is C19H25N3O3. The zero-order valence-corrected chi connectivity index (χ0v) is 14.9. The Labute approximate surface area is 148 Å². The van der Waals surface area contributed by atoms with Crippen molar-refractivity contribution in [2.24, 2.45) is 7.05 Å². The summed E-state index contributed by atoms with van der Waals surface area (Å²) >= 11 is 0. The van der Waals surface area contributed by atoms with Crippen LogP contribution in [-0.2, 0) is 13.6 Å². The van der Waals surface area contributed by atoms with E-state index < -0.39 is 6.10 Å². The van der Waals surface area contributed by atoms with Crippen molar-refractivity contribution >= 4 is 5.91 Å². The van der Waals surface area contributed by atoms with Gasteiger partial charge in [0.05, 0.1) is 19.3 Å². The molecule has 0 radical (unpaired) electrons. The van der Waals surface area contributed by atoms with Gasteiger partial charge in [-0.3, -0.25) is 9.69 Å². The van der Waals surface area contributed by atoms with Crippen LogP contribution in [0.1, 0.15) is 16.1 Å². The van der Waals surface area contributed by atoms with Crippen molar-refractivity contribution in [2.45, 2.75) is 18.7 Å². The van der Waals surface area contributed by atoms with E-state index in [0.29, 0.717) is 25.3 Å². The summed E-state index contributed by atoms with van der Waals surface area (Å²) in [5, 5.41) is 10.4. The third-order valence-corrected chi connectivity index (χ3v) is 4.87. The van der Waals surface area contributed by atoms with Crippen molar-refractivity contribution in [3.05, 3.63) is 53.9 Å². The molecule has 25 heavy (non-hydrogen) atoms. The lowest BCUT2D eigenvalue weighted by Gasteiger charge is -2.26. The number of carbonyl (C=O) groups is 1. The van der Waals surface area contributed by atoms with Gasteiger partial charge in [-0.2, -0.15) is 0 Å². The summed E-state index contributed by atoms with van der Waals surface area (Å²) in [5.41, 5.74) is 1.79. The Bertz CT molecular complexity index is 726. The summed E-state index contributed by atoms with van der Waals surface area (Å²) in [6.45, 7) is 1.59. The van der Waals surface area contributed by atoms with Crippen LogP contribution in [0.15, 0.2) is 42.6 Å². The molecule has 1 N–H and O–H groups in total. The predicted octanol–water partition coefficient (Wildman–Crippen LogP) is 1.35. The second kappa shape index (κ2) is 7.29. The van der Waals surface area contributed by atoms with Crippen LogP contribution in [-0.4, -0.2) is 64.8 Å². The van der Waals surface area contributed by atoms with E-state index in [1.54, 1.807) is 12.0 Å². The fourth-order valence-corrected chi connectivity index (χ4v) is 3.35. The molecule has 1 aliphatic rings. The fourth-order valence-electron chi connectivity index (χ4n) is 3.35. The number of benzene rings is 1. The number of aliphatic hydroxyl groups is 1. The average Bonchev–Trinajstić information content (AvgIpc) is 3.20. The van der Waals surface area contributed by atoms with E-state index in [-0.39, 0.29) is 11.9 Å². The van der Waals surface area contributed by atoms with Gasteiger partial charge >= 0.3 is 0 Å². The van der Waals surface area contributed by atoms with Gasteiger partial charge in [-0.05, 0) is 36.9 Å². The molecule has 6 nitrogen and oxygen atoms in total. The number of rotatable bonds is 5. The van der Waals surface area contributed by atoms with Crippen LogP contribution in [0.25, 0.3) is 0 Å². The molecule has 6 heteroatoms. The summed E-state index contributed by atoms with van der Waals surface area (Å²) in [4.78, 5) is 16.5. The van der Waals surface area contributed by atoms with E-state index in [1.165, 1.54) is 0 Å². The Kier molecular flexibility index (Phi) is 5.11. The molecule has 0 bridgehead atoms. The lowest BCUT2D eigenvalue weighted by Crippen LogP contribution is -2.40. The number of aliphatic hydroxyl groups excluding tert-OH is 1. The average molecular weight is 343 g/mol. The first-order valence-electron chi connectivity index (χ1n) is 8.41. The number of likely N-dealkylation sites (N-methyl/N-ethyl adjacent to an activating group) is 1. The predicted molar refractivity (Wildman–Crippen MR) is 95.6 cm³/mol. The first kappa shape index (κ1) is 17.5. The Hall–Kier alpha value is -2.31. The SMILES string of the molecule is COc1ccc(CN(C)[C@@H]2CN(C(=O)c3cccn3C)C[C@H]2O)cc1. The highest BCUT2D eigenvalue weighted by molar-refractivity contribution is 5.93. The van der Waals surface area contributed by atoms with E-state index in [1.807, 2.05) is 61.3 Å². The number of aromatic nitrogens is 1. The van der Waals surface area contributed by atoms with Crippen LogP contribution in [0, 0.1) is 0 Å². The van der Waals surface area contributed by atoms with Crippen LogP contribution < -0.4 is 4.74 Å². The summed E-state index contributed by atoms with van der Waals surface area (Å²) in [7, 11) is 5.48. The normalized spacial score (nSPS) is 20.3. The standard InChI is InChI=1S/C19H25N3O3/c1-20-10-4-5-16(20)19(24)22-12-17(18(23)13-22)21(2)11-14-6-8-15(25-3)9-7-14/h4-10,17-18,23H,11-13H2,1-3H3/t17-,18-/m1/s1. The Balaban J connectivity index is 1.64. The number of aryl methyl sites for hydroxylation is 1. The highest BCUT2D eigenvalue weighted by atomic mass is 16.5. The van der Waals surface area contributed by atoms with Gasteiger partial charge in [0.2, 0.25) is 0 Å². The summed E-state index contributed by atoms with van der Waals surface area (Å²) in [5.74, 6) is 0.790. The molecule has 1 fully saturated rings. The minimum absolute atomic E-state index is 0.0353. The quantitative estimate of drug-likeness (QED) is 0.890. The van der Waals surface area contributed by atoms with Crippen LogP contribution in [0.4, 0.5) is 0 Å². The molecule has 0 spiro atoms. The van der Waals surface area contributed by atoms with Crippen molar-refractivity contribution in [1.82, 2.24) is 14.4 Å². The first-order chi connectivity index (χ1) is 12.0. The zero-order valence-electron chi connectivity index (χ0n) is 14.9. The minimum Gasteiger partial charge on any atom is -0.497 e. The van der Waals surface area contributed by atoms with Crippen molar-refractivity contribution in [3.8, 4) is 5.75 Å². The first-order valence-corrected chi connectivity index (χ1v) is 8.41. The second-order valence-electron chi connectivity index (χ2n) is 6.61. The summed E-state index contributed by atoms with van der Waals surface area (Å²) in [6, 6.07) is 11.5. The maximum Gasteiger partial charge on any atom is 0.270 e. The molecule has 2 aromatic rings. The molecule has 0 saturated carbocycles. The maximum absolute atomic E-state index is 12.6. The largest absolute Gasteiger partial charge is 0.497 e. The second-order valence-corrected chi connectivity index (χ2v) is 6.61. The summed E-state index contributed by atoms with van der Waals surface area (Å²) in [6.07, 6.45) is 1.31. The lowest BCUT2D eigenvalue weighted by atomic mass is 10.1. The van der Waals surface area contributed by atoms with E-state index in [2.05, 4.69) is 4.90 Å². The monoisotopic (exact) mass is 343 g/mol. The number of hydrogen-bond acceptors (Lipinski definition) is 4. The van der Waals surface area contributed by atoms with Crippen molar-refractivity contribution < 1.29 is 14.6 Å². The lowest BCUT2D eigenvalue weighted by molar-refractivity contribution is 0.0753. The van der Waals surface area contributed by atoms with Gasteiger partial charge in [-0.15, -0.1) is 0 Å². The molecule has 1 saturated heterocycles. The van der Waals surface area contributed by atoms with Gasteiger partial charge in [-0.25, -0.2) is 0 Å². The Morgan fingerprint density at radius 2 is 2.00 bits per heavy atom. The van der Waals surface area contributed by atoms with Gasteiger partial charge in [0.25, 0.3) is 5.91 Å². The molecule has 1 aromatic heterocycles. The number of ether oxygens (including phenoxy) is 1. The zero-order chi connectivity index (χ0) is 18.0. The van der Waals surface area contributed by atoms with E-state index in [9.17, 15) is 9.90 Å². The molecule has 0 unspecified atom stereocenters. The number of β-amino-alcohol motifs (C(OH)–C–C–N with tert-alkyl or cyclic N) is 1. The van der Waals surface area contributed by atoms with E-state index >= 15 is 0 Å². The van der Waals surface area contributed by atoms with Crippen LogP contribution >= 0.6 is 0 Å². The molecule has 3 rings (SSSR count). The number of hydrogen-bond donors (Lipinski definition) is 1. The van der Waals surface area contributed by atoms with Crippen molar-refractivity contribution in [2.75, 3.05) is 27.2 Å². The molecule has 1 aromatic carbocycles. The number of likely N-dealkylation sites (tertiary alicyclic amines) is 1. The van der Waals surface area contributed by atoms with Crippen LogP contribution in [0.2, 0.25) is 0 Å². The number of methoxy groups -OCH3 is 1. The molecular weight excluding hydrogens is 318 g/mol. The third kappa shape index (κ3) is 3.70. The Morgan fingerprint density at radius 3 is 2.60 bits per heavy atom. The molecule has 1 amide bonds. The van der Waals surface area contributed by atoms with Gasteiger partial charge in [-0.1, -0.05) is 12.1 Å². The van der Waals surface area contributed by atoms with E-state index in [4.69, 9.17) is 4.74 Å². The Morgan fingerprint density at radius 1 is 1.28 bits per heavy atom. The van der Waals surface area contributed by atoms with E-state index in [0.717, 1.165) is 11.3 Å². The third-order valence-electron chi connectivity index (χ3n) is 4.87. The minimum atomic E-state index is -0.549. The fraction of sp³-hybridized carbons (Fsp3) is 0.421. The highest BCUT2D eigenvalue weighted by Crippen LogP contribution is 2.20. The molecule has 134 valence electrons. The van der Waals surface area contributed by atoms with Crippen LogP contribution in [0.5, 0.6) is 5.75 Å². The van der Waals surface area contributed by atoms with Gasteiger partial charge in [0.15, 0.2) is 0 Å². The number of carbonyl (C=O) groups excluding carboxylic acids is 1. The summed E-state index contributed by atoms with van der Waals surface area (Å²) < 4.78 is 6.99. The molecule has 1 aliphatic heterocycles. The number of nitrogens with zero attached hydrogens (tertiary/aromatic N) is 3. The van der Waals surface area contributed by atoms with Gasteiger partial charge in [0, 0.05) is 32.9 Å². The highest BCUT2D eigenvalue weighted by Gasteiger charge is 2.37. The van der Waals surface area contributed by atoms with Crippen molar-refractivity contribution in [3.63, 3.8) is 0 Å². The van der Waals surface area contributed by atoms with Crippen LogP contribution in [0.3, 0.4) is 0 Å².